The van der Waals surface area contributed by atoms with Gasteiger partial charge >= 0.3 is 0 Å². The molecule has 0 radical (unpaired) electrons. The summed E-state index contributed by atoms with van der Waals surface area (Å²) in [6, 6.07) is 12.9. The van der Waals surface area contributed by atoms with Crippen LogP contribution < -0.4 is 5.32 Å². The fraction of sp³-hybridized carbons (Fsp3) is 0.304. The van der Waals surface area contributed by atoms with Gasteiger partial charge in [0, 0.05) is 35.1 Å². The highest BCUT2D eigenvalue weighted by Crippen LogP contribution is 2.36. The Hall–Kier alpha value is -2.30. The molecule has 29 heavy (non-hydrogen) atoms. The van der Waals surface area contributed by atoms with Crippen molar-refractivity contribution in [1.82, 2.24) is 10.2 Å². The minimum atomic E-state index is -0.449. The molecule has 0 fully saturated rings. The van der Waals surface area contributed by atoms with Crippen molar-refractivity contribution in [2.75, 3.05) is 6.54 Å². The molecule has 3 rings (SSSR count). The Morgan fingerprint density at radius 2 is 1.72 bits per heavy atom. The number of amides is 2. The van der Waals surface area contributed by atoms with Crippen LogP contribution in [0.4, 0.5) is 0 Å². The molecule has 2 aromatic carbocycles. The smallest absolute Gasteiger partial charge is 0.223 e. The van der Waals surface area contributed by atoms with Crippen LogP contribution in [-0.2, 0) is 15.0 Å². The number of benzene rings is 2. The van der Waals surface area contributed by atoms with Gasteiger partial charge < -0.3 is 10.2 Å². The van der Waals surface area contributed by atoms with Crippen molar-refractivity contribution in [2.45, 2.75) is 38.6 Å². The van der Waals surface area contributed by atoms with Crippen LogP contribution in [0.3, 0.4) is 0 Å². The SMILES string of the molecule is CC(=O)N1C=Cc2ccccc2C1CC(=O)NCC(C)(C)c1c(Cl)cccc1Cl. The van der Waals surface area contributed by atoms with Gasteiger partial charge in [-0.05, 0) is 34.9 Å². The topological polar surface area (TPSA) is 49.4 Å². The molecule has 1 unspecified atom stereocenters. The van der Waals surface area contributed by atoms with Gasteiger partial charge in [-0.3, -0.25) is 9.59 Å². The summed E-state index contributed by atoms with van der Waals surface area (Å²) < 4.78 is 0. The van der Waals surface area contributed by atoms with E-state index in [2.05, 4.69) is 5.32 Å². The summed E-state index contributed by atoms with van der Waals surface area (Å²) in [5, 5.41) is 4.14. The van der Waals surface area contributed by atoms with Gasteiger partial charge in [-0.25, -0.2) is 0 Å². The fourth-order valence-electron chi connectivity index (χ4n) is 3.71. The highest BCUT2D eigenvalue weighted by atomic mass is 35.5. The average molecular weight is 431 g/mol. The molecule has 0 saturated carbocycles. The van der Waals surface area contributed by atoms with Gasteiger partial charge in [0.15, 0.2) is 0 Å². The third kappa shape index (κ3) is 4.65. The van der Waals surface area contributed by atoms with E-state index in [1.807, 2.05) is 44.2 Å². The van der Waals surface area contributed by atoms with Crippen LogP contribution in [0.5, 0.6) is 0 Å². The first-order valence-electron chi connectivity index (χ1n) is 9.48. The second-order valence-electron chi connectivity index (χ2n) is 7.85. The van der Waals surface area contributed by atoms with Crippen molar-refractivity contribution in [3.05, 3.63) is 75.4 Å². The van der Waals surface area contributed by atoms with E-state index in [-0.39, 0.29) is 24.3 Å². The Morgan fingerprint density at radius 1 is 1.07 bits per heavy atom. The molecule has 0 saturated heterocycles. The molecule has 0 aromatic heterocycles. The first-order valence-corrected chi connectivity index (χ1v) is 10.2. The van der Waals surface area contributed by atoms with Crippen LogP contribution >= 0.6 is 23.2 Å². The molecule has 1 heterocycles. The van der Waals surface area contributed by atoms with E-state index in [1.165, 1.54) is 6.92 Å². The van der Waals surface area contributed by atoms with Crippen LogP contribution in [0.25, 0.3) is 6.08 Å². The number of hydrogen-bond acceptors (Lipinski definition) is 2. The minimum Gasteiger partial charge on any atom is -0.355 e. The summed E-state index contributed by atoms with van der Waals surface area (Å²) in [7, 11) is 0. The van der Waals surface area contributed by atoms with E-state index in [9.17, 15) is 9.59 Å². The lowest BCUT2D eigenvalue weighted by Crippen LogP contribution is -2.40. The first-order chi connectivity index (χ1) is 13.7. The standard InChI is InChI=1S/C23H24Cl2N2O2/c1-15(28)27-12-11-16-7-4-5-8-17(16)20(27)13-21(29)26-14-23(2,3)22-18(24)9-6-10-19(22)25/h4-12,20H,13-14H2,1-3H3,(H,26,29). The number of halogens is 2. The quantitative estimate of drug-likeness (QED) is 0.694. The largest absolute Gasteiger partial charge is 0.355 e. The predicted octanol–water partition coefficient (Wildman–Crippen LogP) is 5.35. The first kappa shape index (κ1) is 21.4. The van der Waals surface area contributed by atoms with Gasteiger partial charge in [0.1, 0.15) is 0 Å². The fourth-order valence-corrected chi connectivity index (χ4v) is 4.62. The molecule has 2 aromatic rings. The molecule has 6 heteroatoms. The molecular formula is C23H24Cl2N2O2. The Morgan fingerprint density at radius 3 is 2.38 bits per heavy atom. The van der Waals surface area contributed by atoms with Crippen molar-refractivity contribution in [3.8, 4) is 0 Å². The van der Waals surface area contributed by atoms with E-state index in [4.69, 9.17) is 23.2 Å². The number of nitrogens with one attached hydrogen (secondary N) is 1. The molecule has 1 aliphatic rings. The van der Waals surface area contributed by atoms with E-state index < -0.39 is 5.41 Å². The van der Waals surface area contributed by atoms with Crippen LogP contribution in [0.15, 0.2) is 48.7 Å². The summed E-state index contributed by atoms with van der Waals surface area (Å²) in [5.74, 6) is -0.237. The van der Waals surface area contributed by atoms with E-state index in [0.29, 0.717) is 16.6 Å². The zero-order valence-electron chi connectivity index (χ0n) is 16.7. The number of nitrogens with zero attached hydrogens (tertiary/aromatic N) is 1. The molecule has 4 nitrogen and oxygen atoms in total. The molecular weight excluding hydrogens is 407 g/mol. The van der Waals surface area contributed by atoms with Gasteiger partial charge in [-0.1, -0.05) is 67.4 Å². The number of fused-ring (bicyclic) bond motifs is 1. The van der Waals surface area contributed by atoms with Crippen molar-refractivity contribution in [1.29, 1.82) is 0 Å². The Kier molecular flexibility index (Phi) is 6.35. The van der Waals surface area contributed by atoms with Crippen LogP contribution in [0.2, 0.25) is 10.0 Å². The normalized spacial score (nSPS) is 15.8. The minimum absolute atomic E-state index is 0.100. The molecule has 0 bridgehead atoms. The molecule has 1 atom stereocenters. The zero-order valence-corrected chi connectivity index (χ0v) is 18.2. The lowest BCUT2D eigenvalue weighted by Gasteiger charge is -2.33. The van der Waals surface area contributed by atoms with Gasteiger partial charge in [0.2, 0.25) is 11.8 Å². The van der Waals surface area contributed by atoms with Crippen molar-refractivity contribution in [2.24, 2.45) is 0 Å². The average Bonchev–Trinajstić information content (AvgIpc) is 2.66. The summed E-state index contributed by atoms with van der Waals surface area (Å²) >= 11 is 12.7. The molecule has 0 aliphatic carbocycles. The highest BCUT2D eigenvalue weighted by molar-refractivity contribution is 6.36. The van der Waals surface area contributed by atoms with Crippen molar-refractivity contribution in [3.63, 3.8) is 0 Å². The van der Waals surface area contributed by atoms with Gasteiger partial charge in [0.25, 0.3) is 0 Å². The Balaban J connectivity index is 1.74. The van der Waals surface area contributed by atoms with E-state index in [0.717, 1.165) is 16.7 Å². The number of carbonyl (C=O) groups excluding carboxylic acids is 2. The van der Waals surface area contributed by atoms with Crippen LogP contribution in [0.1, 0.15) is 49.9 Å². The molecule has 152 valence electrons. The maximum atomic E-state index is 12.8. The second-order valence-corrected chi connectivity index (χ2v) is 8.66. The summed E-state index contributed by atoms with van der Waals surface area (Å²) in [6.45, 7) is 5.85. The third-order valence-corrected chi connectivity index (χ3v) is 5.84. The second kappa shape index (κ2) is 8.60. The maximum absolute atomic E-state index is 12.8. The van der Waals surface area contributed by atoms with E-state index in [1.54, 1.807) is 29.3 Å². The molecule has 2 amide bonds. The van der Waals surface area contributed by atoms with Gasteiger partial charge in [-0.15, -0.1) is 0 Å². The molecule has 1 aliphatic heterocycles. The van der Waals surface area contributed by atoms with Crippen LogP contribution in [0, 0.1) is 0 Å². The van der Waals surface area contributed by atoms with Gasteiger partial charge in [-0.2, -0.15) is 0 Å². The van der Waals surface area contributed by atoms with Crippen molar-refractivity contribution < 1.29 is 9.59 Å². The van der Waals surface area contributed by atoms with Crippen molar-refractivity contribution >= 4 is 41.1 Å². The molecule has 0 spiro atoms. The summed E-state index contributed by atoms with van der Waals surface area (Å²) in [4.78, 5) is 26.5. The summed E-state index contributed by atoms with van der Waals surface area (Å²) in [5.41, 5.74) is 2.34. The number of rotatable bonds is 5. The Bertz CT molecular complexity index is 949. The number of carbonyl (C=O) groups is 2. The monoisotopic (exact) mass is 430 g/mol. The highest BCUT2D eigenvalue weighted by Gasteiger charge is 2.30. The lowest BCUT2D eigenvalue weighted by atomic mass is 9.84. The predicted molar refractivity (Wildman–Crippen MR) is 118 cm³/mol. The summed E-state index contributed by atoms with van der Waals surface area (Å²) in [6.07, 6.45) is 3.82. The Labute approximate surface area is 181 Å². The molecule has 1 N–H and O–H groups in total. The number of hydrogen-bond donors (Lipinski definition) is 1. The third-order valence-electron chi connectivity index (χ3n) is 5.21. The zero-order chi connectivity index (χ0) is 21.2. The van der Waals surface area contributed by atoms with Gasteiger partial charge in [0.05, 0.1) is 12.5 Å². The van der Waals surface area contributed by atoms with Crippen LogP contribution in [-0.4, -0.2) is 23.3 Å². The van der Waals surface area contributed by atoms with E-state index >= 15 is 0 Å². The lowest BCUT2D eigenvalue weighted by molar-refractivity contribution is -0.130. The maximum Gasteiger partial charge on any atom is 0.223 e.